The molecule has 0 fully saturated rings. The van der Waals surface area contributed by atoms with Crippen molar-refractivity contribution in [1.29, 1.82) is 0 Å². The molecule has 0 atom stereocenters. The molecule has 0 bridgehead atoms. The molecular weight excluding hydrogens is 278 g/mol. The summed E-state index contributed by atoms with van der Waals surface area (Å²) in [4.78, 5) is 15.6. The van der Waals surface area contributed by atoms with Crippen LogP contribution >= 0.6 is 11.6 Å². The lowest BCUT2D eigenvalue weighted by atomic mass is 10.3. The molecule has 1 aromatic carbocycles. The van der Waals surface area contributed by atoms with Gasteiger partial charge in [0.05, 0.1) is 29.9 Å². The summed E-state index contributed by atoms with van der Waals surface area (Å²) in [6.07, 6.45) is 3.28. The van der Waals surface area contributed by atoms with Crippen molar-refractivity contribution in [1.82, 2.24) is 4.98 Å². The number of amides is 1. The van der Waals surface area contributed by atoms with E-state index in [9.17, 15) is 4.79 Å². The third-order valence-corrected chi connectivity index (χ3v) is 2.85. The Hall–Kier alpha value is -2.27. The van der Waals surface area contributed by atoms with Gasteiger partial charge in [-0.25, -0.2) is 0 Å². The highest BCUT2D eigenvalue weighted by Gasteiger charge is 2.06. The Balaban J connectivity index is 1.78. The molecule has 0 radical (unpaired) electrons. The Bertz CT molecular complexity index is 587. The predicted molar refractivity (Wildman–Crippen MR) is 78.8 cm³/mol. The van der Waals surface area contributed by atoms with Crippen molar-refractivity contribution in [2.45, 2.75) is 6.42 Å². The van der Waals surface area contributed by atoms with E-state index in [2.05, 4.69) is 10.3 Å². The molecule has 3 N–H and O–H groups in total. The van der Waals surface area contributed by atoms with Gasteiger partial charge in [-0.2, -0.15) is 0 Å². The second-order valence-electron chi connectivity index (χ2n) is 4.07. The van der Waals surface area contributed by atoms with Gasteiger partial charge in [-0.05, 0) is 30.3 Å². The maximum absolute atomic E-state index is 11.7. The fourth-order valence-electron chi connectivity index (χ4n) is 1.51. The van der Waals surface area contributed by atoms with Crippen molar-refractivity contribution in [2.75, 3.05) is 17.7 Å². The van der Waals surface area contributed by atoms with Gasteiger partial charge >= 0.3 is 0 Å². The molecule has 0 spiro atoms. The third-order valence-electron chi connectivity index (χ3n) is 2.52. The van der Waals surface area contributed by atoms with Crippen molar-refractivity contribution < 1.29 is 9.53 Å². The van der Waals surface area contributed by atoms with Crippen LogP contribution in [0.15, 0.2) is 42.7 Å². The lowest BCUT2D eigenvalue weighted by Crippen LogP contribution is -2.15. The molecule has 5 nitrogen and oxygen atoms in total. The fourth-order valence-corrected chi connectivity index (χ4v) is 1.66. The average molecular weight is 292 g/mol. The van der Waals surface area contributed by atoms with E-state index < -0.39 is 0 Å². The molecule has 0 aliphatic carbocycles. The number of nitrogens with one attached hydrogen (secondary N) is 1. The van der Waals surface area contributed by atoms with Crippen molar-refractivity contribution in [3.63, 3.8) is 0 Å². The summed E-state index contributed by atoms with van der Waals surface area (Å²) < 4.78 is 5.43. The van der Waals surface area contributed by atoms with Crippen LogP contribution in [-0.2, 0) is 4.79 Å². The number of nitrogen functional groups attached to an aromatic ring is 1. The Morgan fingerprint density at radius 1 is 1.30 bits per heavy atom. The van der Waals surface area contributed by atoms with E-state index in [1.165, 1.54) is 6.20 Å². The Labute approximate surface area is 121 Å². The first-order valence-electron chi connectivity index (χ1n) is 6.03. The van der Waals surface area contributed by atoms with E-state index in [1.807, 2.05) is 0 Å². The number of anilines is 2. The fraction of sp³-hybridized carbons (Fsp3) is 0.143. The number of pyridine rings is 1. The number of ether oxygens (including phenoxy) is 1. The molecule has 0 unspecified atom stereocenters. The standard InChI is InChI=1S/C14H14ClN3O2/c15-12-5-7-17-9-13(12)18-14(19)6-8-20-11-3-1-10(16)2-4-11/h1-5,7,9H,6,8,16H2,(H,18,19). The first-order chi connectivity index (χ1) is 9.65. The van der Waals surface area contributed by atoms with Crippen LogP contribution in [0.25, 0.3) is 0 Å². The van der Waals surface area contributed by atoms with Gasteiger partial charge in [0.2, 0.25) is 5.91 Å². The van der Waals surface area contributed by atoms with Crippen LogP contribution in [0.2, 0.25) is 5.02 Å². The monoisotopic (exact) mass is 291 g/mol. The number of carbonyl (C=O) groups is 1. The average Bonchev–Trinajstić information content (AvgIpc) is 2.44. The number of benzene rings is 1. The lowest BCUT2D eigenvalue weighted by molar-refractivity contribution is -0.116. The second kappa shape index (κ2) is 6.77. The summed E-state index contributed by atoms with van der Waals surface area (Å²) >= 11 is 5.92. The molecule has 6 heteroatoms. The first-order valence-corrected chi connectivity index (χ1v) is 6.40. The van der Waals surface area contributed by atoms with Gasteiger partial charge < -0.3 is 15.8 Å². The number of nitrogens with two attached hydrogens (primary N) is 1. The molecule has 104 valence electrons. The van der Waals surface area contributed by atoms with Crippen molar-refractivity contribution in [3.05, 3.63) is 47.7 Å². The number of hydrogen-bond acceptors (Lipinski definition) is 4. The van der Waals surface area contributed by atoms with Crippen LogP contribution in [0.4, 0.5) is 11.4 Å². The molecule has 0 saturated carbocycles. The maximum Gasteiger partial charge on any atom is 0.227 e. The number of halogens is 1. The lowest BCUT2D eigenvalue weighted by Gasteiger charge is -2.08. The smallest absolute Gasteiger partial charge is 0.227 e. The molecule has 2 aromatic rings. The molecular formula is C14H14ClN3O2. The summed E-state index contributed by atoms with van der Waals surface area (Å²) in [5.74, 6) is 0.488. The largest absolute Gasteiger partial charge is 0.493 e. The van der Waals surface area contributed by atoms with E-state index in [1.54, 1.807) is 36.5 Å². The minimum Gasteiger partial charge on any atom is -0.493 e. The first kappa shape index (κ1) is 14.1. The number of nitrogens with zero attached hydrogens (tertiary/aromatic N) is 1. The summed E-state index contributed by atoms with van der Waals surface area (Å²) in [6.45, 7) is 0.271. The molecule has 0 aliphatic heterocycles. The van der Waals surface area contributed by atoms with Crippen molar-refractivity contribution in [2.24, 2.45) is 0 Å². The Kier molecular flexibility index (Phi) is 4.79. The second-order valence-corrected chi connectivity index (χ2v) is 4.48. The number of carbonyl (C=O) groups excluding carboxylic acids is 1. The predicted octanol–water partition coefficient (Wildman–Crippen LogP) is 2.72. The van der Waals surface area contributed by atoms with Gasteiger partial charge in [-0.3, -0.25) is 9.78 Å². The molecule has 1 aromatic heterocycles. The van der Waals surface area contributed by atoms with Gasteiger partial charge in [0.15, 0.2) is 0 Å². The quantitative estimate of drug-likeness (QED) is 0.830. The van der Waals surface area contributed by atoms with E-state index in [-0.39, 0.29) is 18.9 Å². The number of aromatic nitrogens is 1. The highest BCUT2D eigenvalue weighted by atomic mass is 35.5. The highest BCUT2D eigenvalue weighted by molar-refractivity contribution is 6.33. The van der Waals surface area contributed by atoms with E-state index in [0.29, 0.717) is 22.1 Å². The van der Waals surface area contributed by atoms with Crippen LogP contribution in [0.5, 0.6) is 5.75 Å². The van der Waals surface area contributed by atoms with E-state index in [4.69, 9.17) is 22.1 Å². The SMILES string of the molecule is Nc1ccc(OCCC(=O)Nc2cnccc2Cl)cc1. The zero-order valence-electron chi connectivity index (χ0n) is 10.7. The Morgan fingerprint density at radius 2 is 2.05 bits per heavy atom. The van der Waals surface area contributed by atoms with Crippen LogP contribution in [0.3, 0.4) is 0 Å². The molecule has 0 aliphatic rings. The molecule has 0 saturated heterocycles. The third kappa shape index (κ3) is 4.13. The van der Waals surface area contributed by atoms with Crippen LogP contribution in [-0.4, -0.2) is 17.5 Å². The zero-order valence-corrected chi connectivity index (χ0v) is 11.4. The van der Waals surface area contributed by atoms with E-state index in [0.717, 1.165) is 0 Å². The topological polar surface area (TPSA) is 77.2 Å². The summed E-state index contributed by atoms with van der Waals surface area (Å²) in [6, 6.07) is 8.61. The molecule has 2 rings (SSSR count). The number of rotatable bonds is 5. The highest BCUT2D eigenvalue weighted by Crippen LogP contribution is 2.19. The number of hydrogen-bond donors (Lipinski definition) is 2. The molecule has 1 amide bonds. The van der Waals surface area contributed by atoms with Crippen molar-refractivity contribution in [3.8, 4) is 5.75 Å². The van der Waals surface area contributed by atoms with Crippen LogP contribution in [0.1, 0.15) is 6.42 Å². The van der Waals surface area contributed by atoms with E-state index >= 15 is 0 Å². The summed E-state index contributed by atoms with van der Waals surface area (Å²) in [5.41, 5.74) is 6.73. The Morgan fingerprint density at radius 3 is 2.75 bits per heavy atom. The maximum atomic E-state index is 11.7. The van der Waals surface area contributed by atoms with Gasteiger partial charge in [0.1, 0.15) is 5.75 Å². The van der Waals surface area contributed by atoms with Gasteiger partial charge in [0, 0.05) is 11.9 Å². The molecule has 20 heavy (non-hydrogen) atoms. The minimum absolute atomic E-state index is 0.185. The molecule has 1 heterocycles. The van der Waals surface area contributed by atoms with Gasteiger partial charge in [0.25, 0.3) is 0 Å². The van der Waals surface area contributed by atoms with Gasteiger partial charge in [-0.15, -0.1) is 0 Å². The van der Waals surface area contributed by atoms with Gasteiger partial charge in [-0.1, -0.05) is 11.6 Å². The normalized spacial score (nSPS) is 10.1. The zero-order chi connectivity index (χ0) is 14.4. The summed E-state index contributed by atoms with van der Waals surface area (Å²) in [5, 5.41) is 3.12. The van der Waals surface area contributed by atoms with Crippen LogP contribution in [0, 0.1) is 0 Å². The van der Waals surface area contributed by atoms with Crippen LogP contribution < -0.4 is 15.8 Å². The van der Waals surface area contributed by atoms with Crippen molar-refractivity contribution >= 4 is 28.9 Å². The minimum atomic E-state index is -0.185. The summed E-state index contributed by atoms with van der Waals surface area (Å²) in [7, 11) is 0.